The van der Waals surface area contributed by atoms with Gasteiger partial charge in [0.2, 0.25) is 10.0 Å². The van der Waals surface area contributed by atoms with Gasteiger partial charge in [-0.3, -0.25) is 14.7 Å². The first-order chi connectivity index (χ1) is 18.1. The quantitative estimate of drug-likeness (QED) is 0.303. The number of aromatic nitrogens is 2. The van der Waals surface area contributed by atoms with Crippen LogP contribution >= 0.6 is 11.3 Å². The van der Waals surface area contributed by atoms with Crippen molar-refractivity contribution >= 4 is 42.6 Å². The number of carbonyl (C=O) groups excluding carboxylic acids is 1. The lowest BCUT2D eigenvalue weighted by Crippen LogP contribution is -2.42. The van der Waals surface area contributed by atoms with Gasteiger partial charge in [-0.15, -0.1) is 0 Å². The first-order valence-corrected chi connectivity index (χ1v) is 15.1. The number of nitrogens with zero attached hydrogens (tertiary/aromatic N) is 4. The molecule has 0 radical (unpaired) electrons. The predicted molar refractivity (Wildman–Crippen MR) is 152 cm³/mol. The molecule has 3 heterocycles. The monoisotopic (exact) mass is 548 g/mol. The van der Waals surface area contributed by atoms with Crippen LogP contribution in [-0.2, 0) is 16.6 Å². The van der Waals surface area contributed by atoms with Gasteiger partial charge in [0.25, 0.3) is 5.91 Å². The molecule has 5 rings (SSSR count). The zero-order valence-corrected chi connectivity index (χ0v) is 23.7. The van der Waals surface area contributed by atoms with Crippen LogP contribution in [0.1, 0.15) is 47.3 Å². The molecule has 0 saturated carbocycles. The summed E-state index contributed by atoms with van der Waals surface area (Å²) in [6, 6.07) is 14.2. The minimum Gasteiger partial charge on any atom is -0.279 e. The smallest absolute Gasteiger partial charge is 0.260 e. The van der Waals surface area contributed by atoms with Gasteiger partial charge in [-0.05, 0) is 85.2 Å². The van der Waals surface area contributed by atoms with Gasteiger partial charge in [0.1, 0.15) is 0 Å². The van der Waals surface area contributed by atoms with E-state index in [1.807, 2.05) is 32.0 Å². The summed E-state index contributed by atoms with van der Waals surface area (Å²) in [6.07, 6.45) is 4.46. The molecule has 0 aliphatic carbocycles. The molecule has 2 aromatic heterocycles. The van der Waals surface area contributed by atoms with Crippen LogP contribution in [0.15, 0.2) is 65.8 Å². The Labute approximate surface area is 228 Å². The van der Waals surface area contributed by atoms with E-state index in [0.29, 0.717) is 42.2 Å². The van der Waals surface area contributed by atoms with E-state index in [1.165, 1.54) is 11.3 Å². The zero-order valence-electron chi connectivity index (χ0n) is 22.1. The van der Waals surface area contributed by atoms with Crippen LogP contribution in [0.2, 0.25) is 0 Å². The fourth-order valence-electron chi connectivity index (χ4n) is 5.11. The summed E-state index contributed by atoms with van der Waals surface area (Å²) in [6.45, 7) is 9.59. The second kappa shape index (κ2) is 10.6. The molecule has 4 aromatic rings. The average Bonchev–Trinajstić information content (AvgIpc) is 3.34. The summed E-state index contributed by atoms with van der Waals surface area (Å²) >= 11 is 1.47. The molecule has 7 nitrogen and oxygen atoms in total. The molecule has 2 unspecified atom stereocenters. The standard InChI is InChI=1S/C29H32N4O3S2/c1-19-14-20(2)17-32(16-19)38(35,36)25-10-8-24(9-11-25)28(34)33(18-23-6-5-13-30-15-23)29-31-27-22(4)21(3)7-12-26(27)37-29/h5-13,15,19-20H,14,16-18H2,1-4H3. The van der Waals surface area contributed by atoms with Crippen molar-refractivity contribution in [2.45, 2.75) is 45.6 Å². The first kappa shape index (κ1) is 26.5. The molecule has 198 valence electrons. The lowest BCUT2D eigenvalue weighted by molar-refractivity contribution is 0.0985. The Balaban J connectivity index is 1.47. The van der Waals surface area contributed by atoms with Crippen LogP contribution in [0, 0.1) is 25.7 Å². The molecule has 0 N–H and O–H groups in total. The molecule has 2 atom stereocenters. The number of hydrogen-bond donors (Lipinski definition) is 0. The Kier molecular flexibility index (Phi) is 7.35. The Hall–Kier alpha value is -3.14. The van der Waals surface area contributed by atoms with Crippen LogP contribution < -0.4 is 4.90 Å². The van der Waals surface area contributed by atoms with Crippen LogP contribution in [0.25, 0.3) is 10.2 Å². The summed E-state index contributed by atoms with van der Waals surface area (Å²) < 4.78 is 29.2. The molecule has 1 fully saturated rings. The van der Waals surface area contributed by atoms with E-state index >= 15 is 0 Å². The Morgan fingerprint density at radius 2 is 1.76 bits per heavy atom. The maximum absolute atomic E-state index is 13.8. The Morgan fingerprint density at radius 1 is 1.05 bits per heavy atom. The topological polar surface area (TPSA) is 83.5 Å². The van der Waals surface area contributed by atoms with Crippen molar-refractivity contribution in [3.05, 3.63) is 83.2 Å². The number of amides is 1. The van der Waals surface area contributed by atoms with E-state index in [0.717, 1.165) is 33.3 Å². The van der Waals surface area contributed by atoms with Crippen molar-refractivity contribution in [2.75, 3.05) is 18.0 Å². The minimum atomic E-state index is -3.63. The largest absolute Gasteiger partial charge is 0.279 e. The molecule has 0 spiro atoms. The predicted octanol–water partition coefficient (Wildman–Crippen LogP) is 5.82. The van der Waals surface area contributed by atoms with Crippen molar-refractivity contribution in [3.63, 3.8) is 0 Å². The van der Waals surface area contributed by atoms with Crippen molar-refractivity contribution in [1.29, 1.82) is 0 Å². The number of anilines is 1. The fourth-order valence-corrected chi connectivity index (χ4v) is 7.81. The van der Waals surface area contributed by atoms with E-state index in [2.05, 4.69) is 24.9 Å². The average molecular weight is 549 g/mol. The highest BCUT2D eigenvalue weighted by atomic mass is 32.2. The summed E-state index contributed by atoms with van der Waals surface area (Å²) in [5, 5.41) is 0.593. The number of hydrogen-bond acceptors (Lipinski definition) is 6. The molecule has 1 aliphatic heterocycles. The second-order valence-corrected chi connectivity index (χ2v) is 13.3. The zero-order chi connectivity index (χ0) is 27.0. The second-order valence-electron chi connectivity index (χ2n) is 10.4. The highest BCUT2D eigenvalue weighted by Gasteiger charge is 2.32. The number of thiazole rings is 1. The van der Waals surface area contributed by atoms with Crippen LogP contribution in [0.3, 0.4) is 0 Å². The number of carbonyl (C=O) groups is 1. The number of fused-ring (bicyclic) bond motifs is 1. The third-order valence-corrected chi connectivity index (χ3v) is 10.1. The SMILES string of the molecule is Cc1ccc2sc(N(Cc3cccnc3)C(=O)c3ccc(S(=O)(=O)N4CC(C)CC(C)C4)cc3)nc2c1C. The number of sulfonamides is 1. The van der Waals surface area contributed by atoms with Gasteiger partial charge in [-0.25, -0.2) is 13.4 Å². The van der Waals surface area contributed by atoms with E-state index < -0.39 is 10.0 Å². The van der Waals surface area contributed by atoms with Crippen molar-refractivity contribution in [1.82, 2.24) is 14.3 Å². The highest BCUT2D eigenvalue weighted by molar-refractivity contribution is 7.89. The number of piperidine rings is 1. The van der Waals surface area contributed by atoms with E-state index in [4.69, 9.17) is 4.98 Å². The first-order valence-electron chi connectivity index (χ1n) is 12.8. The van der Waals surface area contributed by atoms with Crippen LogP contribution in [0.4, 0.5) is 5.13 Å². The molecule has 1 saturated heterocycles. The molecule has 1 aliphatic rings. The van der Waals surface area contributed by atoms with Crippen molar-refractivity contribution < 1.29 is 13.2 Å². The molecule has 2 aromatic carbocycles. The Morgan fingerprint density at radius 3 is 2.42 bits per heavy atom. The number of pyridine rings is 1. The van der Waals surface area contributed by atoms with Gasteiger partial charge in [-0.2, -0.15) is 4.31 Å². The van der Waals surface area contributed by atoms with Gasteiger partial charge in [-0.1, -0.05) is 37.3 Å². The molecular weight excluding hydrogens is 516 g/mol. The molecule has 9 heteroatoms. The molecule has 38 heavy (non-hydrogen) atoms. The Bertz CT molecular complexity index is 1560. The van der Waals surface area contributed by atoms with Gasteiger partial charge < -0.3 is 0 Å². The van der Waals surface area contributed by atoms with Crippen LogP contribution in [-0.4, -0.2) is 41.7 Å². The fraction of sp³-hybridized carbons (Fsp3) is 0.345. The molecule has 1 amide bonds. The van der Waals surface area contributed by atoms with E-state index in [1.54, 1.807) is 45.9 Å². The maximum atomic E-state index is 13.8. The van der Waals surface area contributed by atoms with Gasteiger partial charge in [0, 0.05) is 31.0 Å². The van der Waals surface area contributed by atoms with Crippen LogP contribution in [0.5, 0.6) is 0 Å². The number of aryl methyl sites for hydroxylation is 2. The third kappa shape index (κ3) is 5.23. The summed E-state index contributed by atoms with van der Waals surface area (Å²) in [5.41, 5.74) is 4.41. The highest BCUT2D eigenvalue weighted by Crippen LogP contribution is 2.34. The molecular formula is C29H32N4O3S2. The summed E-state index contributed by atoms with van der Waals surface area (Å²) in [4.78, 5) is 24.7. The van der Waals surface area contributed by atoms with Crippen molar-refractivity contribution in [2.24, 2.45) is 11.8 Å². The van der Waals surface area contributed by atoms with Crippen molar-refractivity contribution in [3.8, 4) is 0 Å². The van der Waals surface area contributed by atoms with Gasteiger partial charge in [0.05, 0.1) is 21.7 Å². The van der Waals surface area contributed by atoms with E-state index in [-0.39, 0.29) is 10.8 Å². The normalized spacial score (nSPS) is 18.5. The summed E-state index contributed by atoms with van der Waals surface area (Å²) in [5.74, 6) is 0.389. The minimum absolute atomic E-state index is 0.209. The summed E-state index contributed by atoms with van der Waals surface area (Å²) in [7, 11) is -3.63. The maximum Gasteiger partial charge on any atom is 0.260 e. The lowest BCUT2D eigenvalue weighted by atomic mass is 9.94. The van der Waals surface area contributed by atoms with E-state index in [9.17, 15) is 13.2 Å². The van der Waals surface area contributed by atoms with Gasteiger partial charge in [0.15, 0.2) is 5.13 Å². The molecule has 0 bridgehead atoms. The number of benzene rings is 2. The lowest BCUT2D eigenvalue weighted by Gasteiger charge is -2.34. The van der Waals surface area contributed by atoms with Gasteiger partial charge >= 0.3 is 0 Å². The number of rotatable bonds is 6. The third-order valence-electron chi connectivity index (χ3n) is 7.19.